The summed E-state index contributed by atoms with van der Waals surface area (Å²) in [5.74, 6) is 0.976. The molecule has 3 nitrogen and oxygen atoms in total. The molecule has 1 saturated carbocycles. The van der Waals surface area contributed by atoms with E-state index in [9.17, 15) is 4.79 Å². The number of nitrogens with one attached hydrogen (secondary N) is 1. The molecule has 1 aromatic rings. The number of benzene rings is 1. The van der Waals surface area contributed by atoms with Crippen molar-refractivity contribution < 1.29 is 9.53 Å². The van der Waals surface area contributed by atoms with Gasteiger partial charge in [0.25, 0.3) is 0 Å². The van der Waals surface area contributed by atoms with Crippen LogP contribution in [0.3, 0.4) is 0 Å². The maximum atomic E-state index is 12.3. The summed E-state index contributed by atoms with van der Waals surface area (Å²) in [6.45, 7) is 2.49. The summed E-state index contributed by atoms with van der Waals surface area (Å²) >= 11 is 0. The number of amides is 1. The third-order valence-corrected chi connectivity index (χ3v) is 5.06. The monoisotopic (exact) mass is 345 g/mol. The standard InChI is InChI=1S/C22H35NO2/c1-19-12-11-15-21(18-19)25-17-16-22(24)23-20-13-9-7-5-3-2-4-6-8-10-14-20/h11-12,15,18,20H,2-10,13-14,16-17H2,1H3,(H,23,24). The first kappa shape index (κ1) is 19.8. The number of carbonyl (C=O) groups excluding carboxylic acids is 1. The molecule has 1 amide bonds. The maximum absolute atomic E-state index is 12.3. The van der Waals surface area contributed by atoms with Crippen LogP contribution in [0.1, 0.15) is 82.6 Å². The zero-order chi connectivity index (χ0) is 17.7. The zero-order valence-electron chi connectivity index (χ0n) is 15.9. The van der Waals surface area contributed by atoms with Crippen LogP contribution in [0.4, 0.5) is 0 Å². The maximum Gasteiger partial charge on any atom is 0.223 e. The van der Waals surface area contributed by atoms with Crippen LogP contribution in [-0.4, -0.2) is 18.6 Å². The Morgan fingerprint density at radius 3 is 2.20 bits per heavy atom. The van der Waals surface area contributed by atoms with Gasteiger partial charge >= 0.3 is 0 Å². The molecule has 0 unspecified atom stereocenters. The predicted octanol–water partition coefficient (Wildman–Crippen LogP) is 5.55. The fourth-order valence-electron chi connectivity index (χ4n) is 3.57. The summed E-state index contributed by atoms with van der Waals surface area (Å²) in [6.07, 6.45) is 14.7. The molecule has 1 aliphatic carbocycles. The second-order valence-electron chi connectivity index (χ2n) is 7.44. The van der Waals surface area contributed by atoms with E-state index in [0.717, 1.165) is 18.6 Å². The quantitative estimate of drug-likeness (QED) is 0.759. The van der Waals surface area contributed by atoms with Crippen molar-refractivity contribution in [3.05, 3.63) is 29.8 Å². The molecule has 0 aromatic heterocycles. The van der Waals surface area contributed by atoms with Crippen LogP contribution in [0.15, 0.2) is 24.3 Å². The third-order valence-electron chi connectivity index (χ3n) is 5.06. The summed E-state index contributed by atoms with van der Waals surface area (Å²) < 4.78 is 5.70. The van der Waals surface area contributed by atoms with Crippen molar-refractivity contribution in [3.8, 4) is 5.75 Å². The molecule has 1 aliphatic rings. The van der Waals surface area contributed by atoms with Crippen molar-refractivity contribution in [2.45, 2.75) is 90.0 Å². The smallest absolute Gasteiger partial charge is 0.223 e. The van der Waals surface area contributed by atoms with Gasteiger partial charge in [-0.1, -0.05) is 69.9 Å². The molecule has 3 heteroatoms. The largest absolute Gasteiger partial charge is 0.493 e. The van der Waals surface area contributed by atoms with Gasteiger partial charge in [0.1, 0.15) is 5.75 Å². The van der Waals surface area contributed by atoms with E-state index >= 15 is 0 Å². The number of hydrogen-bond acceptors (Lipinski definition) is 2. The Hall–Kier alpha value is -1.51. The van der Waals surface area contributed by atoms with Gasteiger partial charge in [-0.25, -0.2) is 0 Å². The summed E-state index contributed by atoms with van der Waals surface area (Å²) in [5.41, 5.74) is 1.18. The number of ether oxygens (including phenoxy) is 1. The highest BCUT2D eigenvalue weighted by atomic mass is 16.5. The summed E-state index contributed by atoms with van der Waals surface area (Å²) in [6, 6.07) is 8.33. The molecular weight excluding hydrogens is 310 g/mol. The zero-order valence-corrected chi connectivity index (χ0v) is 15.9. The van der Waals surface area contributed by atoms with Crippen LogP contribution < -0.4 is 10.1 Å². The Balaban J connectivity index is 1.68. The lowest BCUT2D eigenvalue weighted by Crippen LogP contribution is -2.35. The van der Waals surface area contributed by atoms with Crippen molar-refractivity contribution in [2.24, 2.45) is 0 Å². The van der Waals surface area contributed by atoms with Crippen LogP contribution in [-0.2, 0) is 4.79 Å². The highest BCUT2D eigenvalue weighted by Crippen LogP contribution is 2.17. The van der Waals surface area contributed by atoms with Crippen molar-refractivity contribution in [3.63, 3.8) is 0 Å². The molecule has 0 radical (unpaired) electrons. The first-order valence-corrected chi connectivity index (χ1v) is 10.2. The molecule has 0 bridgehead atoms. The fraction of sp³-hybridized carbons (Fsp3) is 0.682. The summed E-state index contributed by atoms with van der Waals surface area (Å²) in [7, 11) is 0. The molecule has 0 aliphatic heterocycles. The molecular formula is C22H35NO2. The van der Waals surface area contributed by atoms with E-state index in [1.54, 1.807) is 0 Å². The topological polar surface area (TPSA) is 38.3 Å². The van der Waals surface area contributed by atoms with Crippen LogP contribution in [0, 0.1) is 6.92 Å². The molecule has 0 spiro atoms. The van der Waals surface area contributed by atoms with Gasteiger partial charge in [0.15, 0.2) is 0 Å². The van der Waals surface area contributed by atoms with E-state index < -0.39 is 0 Å². The van der Waals surface area contributed by atoms with Gasteiger partial charge in [0, 0.05) is 6.04 Å². The number of hydrogen-bond donors (Lipinski definition) is 1. The normalized spacial score (nSPS) is 18.0. The number of aryl methyl sites for hydroxylation is 1. The Labute approximate surface area is 153 Å². The van der Waals surface area contributed by atoms with Crippen molar-refractivity contribution in [1.29, 1.82) is 0 Å². The van der Waals surface area contributed by atoms with Gasteiger partial charge in [-0.05, 0) is 37.5 Å². The Morgan fingerprint density at radius 2 is 1.60 bits per heavy atom. The van der Waals surface area contributed by atoms with Gasteiger partial charge in [-0.2, -0.15) is 0 Å². The predicted molar refractivity (Wildman–Crippen MR) is 104 cm³/mol. The van der Waals surface area contributed by atoms with E-state index in [4.69, 9.17) is 4.74 Å². The lowest BCUT2D eigenvalue weighted by atomic mass is 9.98. The first-order valence-electron chi connectivity index (χ1n) is 10.2. The molecule has 2 rings (SSSR count). The summed E-state index contributed by atoms with van der Waals surface area (Å²) in [4.78, 5) is 12.3. The first-order chi connectivity index (χ1) is 12.2. The van der Waals surface area contributed by atoms with Crippen molar-refractivity contribution in [1.82, 2.24) is 5.32 Å². The highest BCUT2D eigenvalue weighted by Gasteiger charge is 2.12. The second kappa shape index (κ2) is 11.9. The molecule has 0 saturated heterocycles. The highest BCUT2D eigenvalue weighted by molar-refractivity contribution is 5.76. The lowest BCUT2D eigenvalue weighted by molar-refractivity contribution is -0.122. The van der Waals surface area contributed by atoms with E-state index in [2.05, 4.69) is 5.32 Å². The number of rotatable bonds is 5. The SMILES string of the molecule is Cc1cccc(OCCC(=O)NC2CCCCCCCCCCC2)c1. The summed E-state index contributed by atoms with van der Waals surface area (Å²) in [5, 5.41) is 3.25. The molecule has 1 N–H and O–H groups in total. The van der Waals surface area contributed by atoms with Gasteiger partial charge in [0.2, 0.25) is 5.91 Å². The van der Waals surface area contributed by atoms with Crippen molar-refractivity contribution >= 4 is 5.91 Å². The molecule has 1 fully saturated rings. The van der Waals surface area contributed by atoms with Gasteiger partial charge < -0.3 is 10.1 Å². The lowest BCUT2D eigenvalue weighted by Gasteiger charge is -2.19. The van der Waals surface area contributed by atoms with Crippen LogP contribution in [0.5, 0.6) is 5.75 Å². The molecule has 140 valence electrons. The van der Waals surface area contributed by atoms with E-state index in [-0.39, 0.29) is 5.91 Å². The minimum Gasteiger partial charge on any atom is -0.493 e. The fourth-order valence-corrected chi connectivity index (χ4v) is 3.57. The molecule has 25 heavy (non-hydrogen) atoms. The third kappa shape index (κ3) is 8.94. The average molecular weight is 346 g/mol. The molecule has 1 aromatic carbocycles. The van der Waals surface area contributed by atoms with E-state index in [1.807, 2.05) is 31.2 Å². The average Bonchev–Trinajstić information content (AvgIpc) is 2.57. The van der Waals surface area contributed by atoms with Gasteiger partial charge in [-0.15, -0.1) is 0 Å². The Kier molecular flexibility index (Phi) is 9.46. The van der Waals surface area contributed by atoms with Crippen molar-refractivity contribution in [2.75, 3.05) is 6.61 Å². The van der Waals surface area contributed by atoms with Gasteiger partial charge in [0.05, 0.1) is 13.0 Å². The second-order valence-corrected chi connectivity index (χ2v) is 7.44. The van der Waals surface area contributed by atoms with Crippen LogP contribution in [0.2, 0.25) is 0 Å². The minimum atomic E-state index is 0.129. The number of carbonyl (C=O) groups is 1. The van der Waals surface area contributed by atoms with Crippen LogP contribution >= 0.6 is 0 Å². The molecule has 0 atom stereocenters. The van der Waals surface area contributed by atoms with Gasteiger partial charge in [-0.3, -0.25) is 4.79 Å². The Bertz CT molecular complexity index is 489. The Morgan fingerprint density at radius 1 is 1.00 bits per heavy atom. The van der Waals surface area contributed by atoms with E-state index in [1.165, 1.54) is 63.4 Å². The van der Waals surface area contributed by atoms with E-state index in [0.29, 0.717) is 19.1 Å². The van der Waals surface area contributed by atoms with Crippen LogP contribution in [0.25, 0.3) is 0 Å². The minimum absolute atomic E-state index is 0.129. The molecule has 0 heterocycles.